The molecular formula is C13H16ClN3O2. The SMILES string of the molecule is Cc1cccc2c1nc(CCCl)n2CCOC(N)=O. The van der Waals surface area contributed by atoms with Crippen molar-refractivity contribution in [3.63, 3.8) is 0 Å². The van der Waals surface area contributed by atoms with Gasteiger partial charge in [0, 0.05) is 12.3 Å². The first-order valence-electron chi connectivity index (χ1n) is 6.06. The lowest BCUT2D eigenvalue weighted by molar-refractivity contribution is 0.152. The number of hydrogen-bond donors (Lipinski definition) is 1. The van der Waals surface area contributed by atoms with Crippen LogP contribution in [0.3, 0.4) is 0 Å². The molecule has 1 aromatic heterocycles. The van der Waals surface area contributed by atoms with Crippen LogP contribution in [-0.4, -0.2) is 28.1 Å². The Morgan fingerprint density at radius 3 is 3.00 bits per heavy atom. The first-order valence-corrected chi connectivity index (χ1v) is 6.60. The molecule has 0 saturated carbocycles. The third-order valence-corrected chi connectivity index (χ3v) is 3.13. The fourth-order valence-electron chi connectivity index (χ4n) is 2.10. The number of nitrogens with zero attached hydrogens (tertiary/aromatic N) is 2. The number of carbonyl (C=O) groups excluding carboxylic acids is 1. The van der Waals surface area contributed by atoms with Gasteiger partial charge in [0.1, 0.15) is 12.4 Å². The van der Waals surface area contributed by atoms with Crippen molar-refractivity contribution in [2.75, 3.05) is 12.5 Å². The molecule has 5 nitrogen and oxygen atoms in total. The van der Waals surface area contributed by atoms with Crippen molar-refractivity contribution in [3.8, 4) is 0 Å². The predicted molar refractivity (Wildman–Crippen MR) is 74.4 cm³/mol. The molecule has 2 aromatic rings. The van der Waals surface area contributed by atoms with Gasteiger partial charge in [0.25, 0.3) is 0 Å². The van der Waals surface area contributed by atoms with E-state index in [-0.39, 0.29) is 6.61 Å². The highest BCUT2D eigenvalue weighted by molar-refractivity contribution is 6.17. The molecule has 0 fully saturated rings. The maximum absolute atomic E-state index is 10.6. The van der Waals surface area contributed by atoms with Gasteiger partial charge in [-0.3, -0.25) is 0 Å². The van der Waals surface area contributed by atoms with Gasteiger partial charge in [-0.05, 0) is 18.6 Å². The second kappa shape index (κ2) is 5.93. The zero-order chi connectivity index (χ0) is 13.8. The summed E-state index contributed by atoms with van der Waals surface area (Å²) in [7, 11) is 0. The molecule has 1 heterocycles. The van der Waals surface area contributed by atoms with Gasteiger partial charge in [-0.2, -0.15) is 0 Å². The number of carbonyl (C=O) groups is 1. The van der Waals surface area contributed by atoms with Gasteiger partial charge in [0.15, 0.2) is 0 Å². The number of alkyl halides is 1. The van der Waals surface area contributed by atoms with Crippen LogP contribution in [0.1, 0.15) is 11.4 Å². The molecule has 19 heavy (non-hydrogen) atoms. The fraction of sp³-hybridized carbons (Fsp3) is 0.385. The van der Waals surface area contributed by atoms with Crippen molar-refractivity contribution in [2.24, 2.45) is 5.73 Å². The summed E-state index contributed by atoms with van der Waals surface area (Å²) in [5.74, 6) is 1.39. The van der Waals surface area contributed by atoms with Gasteiger partial charge in [-0.1, -0.05) is 12.1 Å². The van der Waals surface area contributed by atoms with Gasteiger partial charge in [0.2, 0.25) is 0 Å². The Kier molecular flexibility index (Phi) is 4.27. The lowest BCUT2D eigenvalue weighted by Crippen LogP contribution is -2.17. The maximum Gasteiger partial charge on any atom is 0.404 e. The number of nitrogens with two attached hydrogens (primary N) is 1. The van der Waals surface area contributed by atoms with E-state index in [1.54, 1.807) is 0 Å². The van der Waals surface area contributed by atoms with Crippen LogP contribution in [-0.2, 0) is 17.7 Å². The molecule has 1 aromatic carbocycles. The normalized spacial score (nSPS) is 10.8. The highest BCUT2D eigenvalue weighted by atomic mass is 35.5. The zero-order valence-electron chi connectivity index (χ0n) is 10.7. The minimum absolute atomic E-state index is 0.226. The number of rotatable bonds is 5. The van der Waals surface area contributed by atoms with E-state index in [1.807, 2.05) is 29.7 Å². The second-order valence-corrected chi connectivity index (χ2v) is 4.61. The molecule has 0 spiro atoms. The highest BCUT2D eigenvalue weighted by Crippen LogP contribution is 2.20. The minimum atomic E-state index is -0.764. The molecule has 2 rings (SSSR count). The molecule has 6 heteroatoms. The summed E-state index contributed by atoms with van der Waals surface area (Å²) < 4.78 is 6.81. The van der Waals surface area contributed by atoms with Crippen molar-refractivity contribution in [2.45, 2.75) is 19.9 Å². The van der Waals surface area contributed by atoms with Gasteiger partial charge in [-0.25, -0.2) is 9.78 Å². The Morgan fingerprint density at radius 1 is 1.53 bits per heavy atom. The van der Waals surface area contributed by atoms with Crippen molar-refractivity contribution >= 4 is 28.7 Å². The lowest BCUT2D eigenvalue weighted by atomic mass is 10.2. The Morgan fingerprint density at radius 2 is 2.32 bits per heavy atom. The quantitative estimate of drug-likeness (QED) is 0.854. The van der Waals surface area contributed by atoms with E-state index in [0.717, 1.165) is 22.4 Å². The summed E-state index contributed by atoms with van der Waals surface area (Å²) in [5.41, 5.74) is 8.05. The molecule has 0 aliphatic heterocycles. The van der Waals surface area contributed by atoms with Gasteiger partial charge in [-0.15, -0.1) is 11.6 Å². The Labute approximate surface area is 116 Å². The number of aryl methyl sites for hydroxylation is 2. The van der Waals surface area contributed by atoms with E-state index in [1.165, 1.54) is 0 Å². The third-order valence-electron chi connectivity index (χ3n) is 2.94. The topological polar surface area (TPSA) is 70.1 Å². The van der Waals surface area contributed by atoms with Crippen molar-refractivity contribution in [1.82, 2.24) is 9.55 Å². The van der Waals surface area contributed by atoms with Crippen LogP contribution in [0.15, 0.2) is 18.2 Å². The van der Waals surface area contributed by atoms with E-state index in [9.17, 15) is 4.79 Å². The van der Waals surface area contributed by atoms with Crippen LogP contribution in [0.2, 0.25) is 0 Å². The van der Waals surface area contributed by atoms with Gasteiger partial charge < -0.3 is 15.0 Å². The number of fused-ring (bicyclic) bond motifs is 1. The molecule has 0 aliphatic rings. The monoisotopic (exact) mass is 281 g/mol. The number of imidazole rings is 1. The highest BCUT2D eigenvalue weighted by Gasteiger charge is 2.11. The van der Waals surface area contributed by atoms with Crippen LogP contribution in [0.25, 0.3) is 11.0 Å². The summed E-state index contributed by atoms with van der Waals surface area (Å²) in [6, 6.07) is 6.00. The second-order valence-electron chi connectivity index (χ2n) is 4.23. The fourth-order valence-corrected chi connectivity index (χ4v) is 2.27. The zero-order valence-corrected chi connectivity index (χ0v) is 11.5. The summed E-state index contributed by atoms with van der Waals surface area (Å²) in [6.45, 7) is 2.77. The Bertz CT molecular complexity index is 595. The predicted octanol–water partition coefficient (Wildman–Crippen LogP) is 2.22. The number of primary amides is 1. The van der Waals surface area contributed by atoms with E-state index in [2.05, 4.69) is 4.98 Å². The van der Waals surface area contributed by atoms with Gasteiger partial charge in [0.05, 0.1) is 17.6 Å². The average Bonchev–Trinajstić information content (AvgIpc) is 2.70. The standard InChI is InChI=1S/C13H16ClN3O2/c1-9-3-2-4-10-12(9)16-11(5-6-14)17(10)7-8-19-13(15)18/h2-4H,5-8H2,1H3,(H2,15,18). The van der Waals surface area contributed by atoms with Crippen LogP contribution < -0.4 is 5.73 Å². The van der Waals surface area contributed by atoms with E-state index in [4.69, 9.17) is 22.1 Å². The molecule has 1 amide bonds. The molecule has 0 bridgehead atoms. The number of hydrogen-bond acceptors (Lipinski definition) is 3. The third kappa shape index (κ3) is 2.98. The first kappa shape index (κ1) is 13.7. The summed E-state index contributed by atoms with van der Waals surface area (Å²) in [6.07, 6.45) is -0.0915. The van der Waals surface area contributed by atoms with Crippen molar-refractivity contribution in [1.29, 1.82) is 0 Å². The molecule has 2 N–H and O–H groups in total. The van der Waals surface area contributed by atoms with Crippen LogP contribution >= 0.6 is 11.6 Å². The first-order chi connectivity index (χ1) is 9.13. The molecule has 0 unspecified atom stereocenters. The Hall–Kier alpha value is -1.75. The lowest BCUT2D eigenvalue weighted by Gasteiger charge is -2.08. The van der Waals surface area contributed by atoms with E-state index in [0.29, 0.717) is 18.8 Å². The largest absolute Gasteiger partial charge is 0.448 e. The number of aromatic nitrogens is 2. The van der Waals surface area contributed by atoms with Crippen LogP contribution in [0, 0.1) is 6.92 Å². The summed E-state index contributed by atoms with van der Waals surface area (Å²) >= 11 is 5.80. The number of amides is 1. The number of ether oxygens (including phenoxy) is 1. The minimum Gasteiger partial charge on any atom is -0.448 e. The number of para-hydroxylation sites is 1. The molecule has 102 valence electrons. The number of benzene rings is 1. The van der Waals surface area contributed by atoms with Crippen molar-refractivity contribution in [3.05, 3.63) is 29.6 Å². The average molecular weight is 282 g/mol. The van der Waals surface area contributed by atoms with Crippen LogP contribution in [0.4, 0.5) is 4.79 Å². The molecular weight excluding hydrogens is 266 g/mol. The van der Waals surface area contributed by atoms with E-state index < -0.39 is 6.09 Å². The van der Waals surface area contributed by atoms with Gasteiger partial charge >= 0.3 is 6.09 Å². The van der Waals surface area contributed by atoms with Crippen LogP contribution in [0.5, 0.6) is 0 Å². The summed E-state index contributed by atoms with van der Waals surface area (Å²) in [4.78, 5) is 15.2. The molecule has 0 atom stereocenters. The summed E-state index contributed by atoms with van der Waals surface area (Å²) in [5, 5.41) is 0. The molecule has 0 saturated heterocycles. The Balaban J connectivity index is 2.35. The number of halogens is 1. The van der Waals surface area contributed by atoms with Crippen molar-refractivity contribution < 1.29 is 9.53 Å². The smallest absolute Gasteiger partial charge is 0.404 e. The molecule has 0 radical (unpaired) electrons. The van der Waals surface area contributed by atoms with E-state index >= 15 is 0 Å². The maximum atomic E-state index is 10.6. The molecule has 0 aliphatic carbocycles.